The molecule has 1 unspecified atom stereocenters. The average Bonchev–Trinajstić information content (AvgIpc) is 3.06. The molecule has 3 N–H and O–H groups in total. The summed E-state index contributed by atoms with van der Waals surface area (Å²) in [5, 5.41) is 22.3. The number of carboxylic acids is 1. The number of aliphatic hydroxyl groups excluding tert-OH is 1. The maximum absolute atomic E-state index is 12.9. The van der Waals surface area contributed by atoms with Crippen molar-refractivity contribution in [1.29, 1.82) is 0 Å². The minimum atomic E-state index is -3.99. The number of amides is 1. The van der Waals surface area contributed by atoms with Crippen LogP contribution in [-0.2, 0) is 21.7 Å². The van der Waals surface area contributed by atoms with Gasteiger partial charge in [0.15, 0.2) is 15.6 Å². The van der Waals surface area contributed by atoms with Gasteiger partial charge in [-0.15, -0.1) is 0 Å². The van der Waals surface area contributed by atoms with Gasteiger partial charge >= 0.3 is 5.97 Å². The van der Waals surface area contributed by atoms with Gasteiger partial charge in [-0.1, -0.05) is 35.3 Å². The van der Waals surface area contributed by atoms with Crippen molar-refractivity contribution in [3.05, 3.63) is 57.3 Å². The van der Waals surface area contributed by atoms with E-state index in [9.17, 15) is 23.1 Å². The van der Waals surface area contributed by atoms with Crippen LogP contribution in [0.5, 0.6) is 0 Å². The van der Waals surface area contributed by atoms with E-state index in [1.54, 1.807) is 24.6 Å². The molecule has 0 aliphatic carbocycles. The Labute approximate surface area is 193 Å². The van der Waals surface area contributed by atoms with E-state index in [4.69, 9.17) is 28.3 Å². The summed E-state index contributed by atoms with van der Waals surface area (Å²) >= 11 is 12.4. The van der Waals surface area contributed by atoms with Crippen molar-refractivity contribution in [3.63, 3.8) is 0 Å². The number of benzene rings is 1. The molecule has 0 aliphatic heterocycles. The maximum Gasteiger partial charge on any atom is 0.319 e. The largest absolute Gasteiger partial charge is 0.480 e. The first-order valence-corrected chi connectivity index (χ1v) is 11.6. The van der Waals surface area contributed by atoms with E-state index in [1.807, 2.05) is 0 Å². The Kier molecular flexibility index (Phi) is 6.80. The number of pyridine rings is 1. The molecule has 0 radical (unpaired) electrons. The van der Waals surface area contributed by atoms with Crippen molar-refractivity contribution in [2.75, 3.05) is 12.4 Å². The second-order valence-electron chi connectivity index (χ2n) is 7.08. The molecule has 2 aromatic heterocycles. The molecule has 0 aliphatic rings. The molecule has 32 heavy (non-hydrogen) atoms. The number of nitrogens with one attached hydrogen (secondary N) is 1. The van der Waals surface area contributed by atoms with Gasteiger partial charge in [0.1, 0.15) is 11.3 Å². The van der Waals surface area contributed by atoms with Crippen LogP contribution in [0.4, 0.5) is 0 Å². The molecule has 9 nitrogen and oxygen atoms in total. The number of fused-ring (bicyclic) bond motifs is 1. The van der Waals surface area contributed by atoms with E-state index in [-0.39, 0.29) is 15.6 Å². The first-order valence-electron chi connectivity index (χ1n) is 9.23. The van der Waals surface area contributed by atoms with Gasteiger partial charge in [0.05, 0.1) is 33.3 Å². The van der Waals surface area contributed by atoms with E-state index in [0.717, 1.165) is 0 Å². The quantitative estimate of drug-likeness (QED) is 0.453. The molecule has 0 spiro atoms. The SMILES string of the molecule is Cc1nc2c(cc(C(=O)NC(CO)c3ccc(S(=O)(=O)CC(=O)O)cc3)n2C)c(Cl)c1Cl. The summed E-state index contributed by atoms with van der Waals surface area (Å²) in [6, 6.07) is 5.96. The number of halogens is 2. The fourth-order valence-corrected chi connectivity index (χ4v) is 4.67. The van der Waals surface area contributed by atoms with Gasteiger partial charge in [-0.25, -0.2) is 13.4 Å². The predicted octanol–water partition coefficient (Wildman–Crippen LogP) is 2.51. The Morgan fingerprint density at radius 3 is 2.38 bits per heavy atom. The van der Waals surface area contributed by atoms with Crippen LogP contribution >= 0.6 is 23.2 Å². The number of sulfone groups is 1. The topological polar surface area (TPSA) is 139 Å². The van der Waals surface area contributed by atoms with Crippen LogP contribution in [0.2, 0.25) is 10.0 Å². The van der Waals surface area contributed by atoms with Gasteiger partial charge < -0.3 is 20.1 Å². The zero-order valence-electron chi connectivity index (χ0n) is 17.0. The number of carbonyl (C=O) groups is 2. The van der Waals surface area contributed by atoms with E-state index in [1.165, 1.54) is 24.3 Å². The third kappa shape index (κ3) is 4.58. The lowest BCUT2D eigenvalue weighted by Gasteiger charge is -2.17. The number of carboxylic acid groups (broad SMARTS) is 1. The number of hydrogen-bond donors (Lipinski definition) is 3. The van der Waals surface area contributed by atoms with Crippen LogP contribution in [0.25, 0.3) is 11.0 Å². The highest BCUT2D eigenvalue weighted by Gasteiger charge is 2.23. The summed E-state index contributed by atoms with van der Waals surface area (Å²) in [6.45, 7) is 1.24. The minimum Gasteiger partial charge on any atom is -0.480 e. The second kappa shape index (κ2) is 9.07. The molecule has 0 saturated heterocycles. The van der Waals surface area contributed by atoms with Crippen molar-refractivity contribution in [2.24, 2.45) is 7.05 Å². The molecule has 1 amide bonds. The smallest absolute Gasteiger partial charge is 0.319 e. The summed E-state index contributed by atoms with van der Waals surface area (Å²) in [5.41, 5.74) is 1.65. The highest BCUT2D eigenvalue weighted by Crippen LogP contribution is 2.33. The summed E-state index contributed by atoms with van der Waals surface area (Å²) < 4.78 is 25.6. The van der Waals surface area contributed by atoms with E-state index in [0.29, 0.717) is 27.3 Å². The molecule has 3 rings (SSSR count). The summed E-state index contributed by atoms with van der Waals surface area (Å²) in [4.78, 5) is 27.8. The number of rotatable bonds is 7. The molecule has 1 atom stereocenters. The summed E-state index contributed by atoms with van der Waals surface area (Å²) in [6.07, 6.45) is 0. The van der Waals surface area contributed by atoms with Crippen molar-refractivity contribution in [3.8, 4) is 0 Å². The van der Waals surface area contributed by atoms with Gasteiger partial charge in [0.25, 0.3) is 5.91 Å². The molecule has 12 heteroatoms. The van der Waals surface area contributed by atoms with Crippen LogP contribution in [-0.4, -0.2) is 52.4 Å². The standard InChI is InChI=1S/C20H19Cl2N3O6S/c1-10-17(21)18(22)13-7-15(25(2)19(13)23-10)20(29)24-14(8-26)11-3-5-12(6-4-11)32(30,31)9-16(27)28/h3-7,14,26H,8-9H2,1-2H3,(H,24,29)(H,27,28). The summed E-state index contributed by atoms with van der Waals surface area (Å²) in [5.74, 6) is -3.01. The van der Waals surface area contributed by atoms with Crippen molar-refractivity contribution < 1.29 is 28.2 Å². The lowest BCUT2D eigenvalue weighted by molar-refractivity contribution is -0.134. The van der Waals surface area contributed by atoms with Crippen molar-refractivity contribution in [2.45, 2.75) is 17.9 Å². The number of nitrogens with zero attached hydrogens (tertiary/aromatic N) is 2. The Morgan fingerprint density at radius 1 is 1.19 bits per heavy atom. The Bertz CT molecular complexity index is 1320. The molecule has 3 aromatic rings. The zero-order chi connectivity index (χ0) is 23.8. The van der Waals surface area contributed by atoms with Crippen LogP contribution in [0, 0.1) is 6.92 Å². The minimum absolute atomic E-state index is 0.173. The van der Waals surface area contributed by atoms with Gasteiger partial charge in [0, 0.05) is 12.4 Å². The number of hydrogen-bond acceptors (Lipinski definition) is 6. The lowest BCUT2D eigenvalue weighted by atomic mass is 10.1. The fourth-order valence-electron chi connectivity index (χ4n) is 3.21. The molecule has 0 saturated carbocycles. The first-order chi connectivity index (χ1) is 15.0. The van der Waals surface area contributed by atoms with Gasteiger partial charge in [0.2, 0.25) is 0 Å². The van der Waals surface area contributed by atoms with Gasteiger partial charge in [-0.3, -0.25) is 9.59 Å². The Hall–Kier alpha value is -2.66. The fraction of sp³-hybridized carbons (Fsp3) is 0.250. The molecule has 0 fully saturated rings. The van der Waals surface area contributed by atoms with Crippen molar-refractivity contribution >= 4 is 55.9 Å². The molecule has 2 heterocycles. The van der Waals surface area contributed by atoms with Crippen LogP contribution in [0.15, 0.2) is 35.2 Å². The molecular formula is C20H19Cl2N3O6S. The van der Waals surface area contributed by atoms with E-state index < -0.39 is 40.1 Å². The molecule has 0 bridgehead atoms. The molecular weight excluding hydrogens is 481 g/mol. The monoisotopic (exact) mass is 499 g/mol. The van der Waals surface area contributed by atoms with E-state index >= 15 is 0 Å². The van der Waals surface area contributed by atoms with Crippen LogP contribution in [0.1, 0.15) is 27.8 Å². The first kappa shape index (κ1) is 24.0. The normalized spacial score (nSPS) is 12.7. The third-order valence-electron chi connectivity index (χ3n) is 4.90. The lowest BCUT2D eigenvalue weighted by Crippen LogP contribution is -2.32. The highest BCUT2D eigenvalue weighted by molar-refractivity contribution is 7.92. The Morgan fingerprint density at radius 2 is 1.81 bits per heavy atom. The number of aryl methyl sites for hydroxylation is 2. The van der Waals surface area contributed by atoms with Crippen molar-refractivity contribution in [1.82, 2.24) is 14.9 Å². The van der Waals surface area contributed by atoms with E-state index in [2.05, 4.69) is 10.3 Å². The zero-order valence-corrected chi connectivity index (χ0v) is 19.3. The predicted molar refractivity (Wildman–Crippen MR) is 119 cm³/mol. The molecule has 170 valence electrons. The number of aliphatic carboxylic acids is 1. The van der Waals surface area contributed by atoms with Crippen LogP contribution in [0.3, 0.4) is 0 Å². The average molecular weight is 500 g/mol. The highest BCUT2D eigenvalue weighted by atomic mass is 35.5. The van der Waals surface area contributed by atoms with Gasteiger partial charge in [-0.05, 0) is 30.7 Å². The van der Waals surface area contributed by atoms with Crippen LogP contribution < -0.4 is 5.32 Å². The molecule has 1 aromatic carbocycles. The Balaban J connectivity index is 1.88. The summed E-state index contributed by atoms with van der Waals surface area (Å²) in [7, 11) is -2.35. The third-order valence-corrected chi connectivity index (χ3v) is 7.47. The maximum atomic E-state index is 12.9. The second-order valence-corrected chi connectivity index (χ2v) is 9.83. The number of aromatic nitrogens is 2. The van der Waals surface area contributed by atoms with Gasteiger partial charge in [-0.2, -0.15) is 0 Å². The number of aliphatic hydroxyl groups is 1. The number of carbonyl (C=O) groups excluding carboxylic acids is 1.